The molecule has 1 aliphatic heterocycles. The quantitative estimate of drug-likeness (QED) is 0.415. The van der Waals surface area contributed by atoms with Gasteiger partial charge in [0.15, 0.2) is 5.43 Å². The lowest BCUT2D eigenvalue weighted by atomic mass is 9.97. The highest BCUT2D eigenvalue weighted by molar-refractivity contribution is 6.32. The third kappa shape index (κ3) is 3.26. The van der Waals surface area contributed by atoms with E-state index in [1.54, 1.807) is 24.1 Å². The molecule has 2 heterocycles. The molecule has 1 amide bonds. The van der Waals surface area contributed by atoms with Gasteiger partial charge in [0.2, 0.25) is 5.76 Å². The van der Waals surface area contributed by atoms with E-state index >= 15 is 0 Å². The molecule has 0 aliphatic carbocycles. The van der Waals surface area contributed by atoms with E-state index in [2.05, 4.69) is 0 Å². The molecule has 160 valence electrons. The highest BCUT2D eigenvalue weighted by Crippen LogP contribution is 2.40. The predicted molar refractivity (Wildman–Crippen MR) is 123 cm³/mol. The maximum atomic E-state index is 13.6. The average molecular weight is 446 g/mol. The zero-order valence-corrected chi connectivity index (χ0v) is 18.3. The van der Waals surface area contributed by atoms with Gasteiger partial charge in [0.25, 0.3) is 5.91 Å². The third-order valence-corrected chi connectivity index (χ3v) is 6.26. The Bertz CT molecular complexity index is 1410. The van der Waals surface area contributed by atoms with Crippen LogP contribution in [-0.2, 0) is 6.54 Å². The molecule has 0 N–H and O–H groups in total. The van der Waals surface area contributed by atoms with Gasteiger partial charge in [0.1, 0.15) is 11.3 Å². The first-order valence-corrected chi connectivity index (χ1v) is 10.6. The zero-order chi connectivity index (χ0) is 22.4. The van der Waals surface area contributed by atoms with E-state index in [0.29, 0.717) is 33.8 Å². The smallest absolute Gasteiger partial charge is 0.291 e. The second-order valence-corrected chi connectivity index (χ2v) is 8.28. The number of carbonyl (C=O) groups is 1. The molecule has 1 aliphatic rings. The van der Waals surface area contributed by atoms with Gasteiger partial charge in [0, 0.05) is 11.6 Å². The van der Waals surface area contributed by atoms with Crippen molar-refractivity contribution in [2.45, 2.75) is 19.5 Å². The van der Waals surface area contributed by atoms with Gasteiger partial charge in [-0.15, -0.1) is 0 Å². The Labute approximate surface area is 189 Å². The summed E-state index contributed by atoms with van der Waals surface area (Å²) < 4.78 is 11.4. The Morgan fingerprint density at radius 2 is 1.81 bits per heavy atom. The Morgan fingerprint density at radius 1 is 1.03 bits per heavy atom. The summed E-state index contributed by atoms with van der Waals surface area (Å²) in [5, 5.41) is 0.842. The SMILES string of the molecule is COc1cccc(C2c3c(oc4cc(C)c(Cl)cc4c3=O)C(=O)N2Cc2ccccc2)c1. The maximum absolute atomic E-state index is 13.6. The molecule has 0 bridgehead atoms. The predicted octanol–water partition coefficient (Wildman–Crippen LogP) is 5.51. The molecule has 1 atom stereocenters. The standard InChI is InChI=1S/C26H20ClNO4/c1-15-11-21-19(13-20(15)27)24(29)22-23(17-9-6-10-18(12-17)31-2)28(26(30)25(22)32-21)14-16-7-4-3-5-8-16/h3-13,23H,14H2,1-2H3. The van der Waals surface area contributed by atoms with Crippen LogP contribution in [0.15, 0.2) is 75.9 Å². The fourth-order valence-electron chi connectivity index (χ4n) is 4.24. The highest BCUT2D eigenvalue weighted by Gasteiger charge is 2.42. The molecule has 5 rings (SSSR count). The minimum atomic E-state index is -0.603. The summed E-state index contributed by atoms with van der Waals surface area (Å²) in [6, 6.07) is 19.8. The average Bonchev–Trinajstić information content (AvgIpc) is 3.08. The van der Waals surface area contributed by atoms with Gasteiger partial charge in [-0.05, 0) is 47.9 Å². The van der Waals surface area contributed by atoms with Crippen molar-refractivity contribution in [3.8, 4) is 5.75 Å². The van der Waals surface area contributed by atoms with Gasteiger partial charge >= 0.3 is 0 Å². The van der Waals surface area contributed by atoms with Gasteiger partial charge in [-0.3, -0.25) is 9.59 Å². The van der Waals surface area contributed by atoms with Crippen LogP contribution < -0.4 is 10.2 Å². The molecule has 0 saturated heterocycles. The summed E-state index contributed by atoms with van der Waals surface area (Å²) in [6.07, 6.45) is 0. The van der Waals surface area contributed by atoms with Gasteiger partial charge in [-0.1, -0.05) is 54.1 Å². The summed E-state index contributed by atoms with van der Waals surface area (Å²) in [6.45, 7) is 2.17. The number of ether oxygens (including phenoxy) is 1. The molecule has 4 aromatic rings. The number of halogens is 1. The van der Waals surface area contributed by atoms with Crippen molar-refractivity contribution < 1.29 is 13.9 Å². The van der Waals surface area contributed by atoms with E-state index < -0.39 is 6.04 Å². The Balaban J connectivity index is 1.75. The van der Waals surface area contributed by atoms with Gasteiger partial charge < -0.3 is 14.1 Å². The molecule has 5 nitrogen and oxygen atoms in total. The van der Waals surface area contributed by atoms with Gasteiger partial charge in [0.05, 0.1) is 24.1 Å². The second kappa shape index (κ2) is 7.84. The van der Waals surface area contributed by atoms with Crippen molar-refractivity contribution in [2.24, 2.45) is 0 Å². The van der Waals surface area contributed by atoms with E-state index in [-0.39, 0.29) is 17.1 Å². The van der Waals surface area contributed by atoms with E-state index in [1.807, 2.05) is 61.5 Å². The number of fused-ring (bicyclic) bond motifs is 2. The van der Waals surface area contributed by atoms with Crippen molar-refractivity contribution in [1.29, 1.82) is 0 Å². The van der Waals surface area contributed by atoms with E-state index in [4.69, 9.17) is 20.8 Å². The molecular weight excluding hydrogens is 426 g/mol. The fourth-order valence-corrected chi connectivity index (χ4v) is 4.41. The van der Waals surface area contributed by atoms with Crippen LogP contribution in [-0.4, -0.2) is 17.9 Å². The number of benzene rings is 3. The molecule has 0 saturated carbocycles. The molecule has 32 heavy (non-hydrogen) atoms. The Kier molecular flexibility index (Phi) is 4.98. The van der Waals surface area contributed by atoms with Crippen molar-refractivity contribution in [1.82, 2.24) is 4.90 Å². The largest absolute Gasteiger partial charge is 0.497 e. The molecule has 0 radical (unpaired) electrons. The van der Waals surface area contributed by atoms with Crippen LogP contribution in [0.3, 0.4) is 0 Å². The number of methoxy groups -OCH3 is 1. The summed E-state index contributed by atoms with van der Waals surface area (Å²) in [5.74, 6) is 0.406. The number of hydrogen-bond donors (Lipinski definition) is 0. The van der Waals surface area contributed by atoms with E-state index in [1.165, 1.54) is 0 Å². The van der Waals surface area contributed by atoms with Crippen LogP contribution in [0.1, 0.15) is 38.9 Å². The second-order valence-electron chi connectivity index (χ2n) is 7.87. The number of aryl methyl sites for hydroxylation is 1. The van der Waals surface area contributed by atoms with Crippen LogP contribution in [0.4, 0.5) is 0 Å². The molecule has 0 fully saturated rings. The topological polar surface area (TPSA) is 59.8 Å². The maximum Gasteiger partial charge on any atom is 0.291 e. The number of carbonyl (C=O) groups excluding carboxylic acids is 1. The molecular formula is C26H20ClNO4. The molecule has 6 heteroatoms. The fraction of sp³-hybridized carbons (Fsp3) is 0.154. The van der Waals surface area contributed by atoms with Gasteiger partial charge in [-0.25, -0.2) is 0 Å². The number of hydrogen-bond acceptors (Lipinski definition) is 4. The first-order chi connectivity index (χ1) is 15.5. The van der Waals surface area contributed by atoms with Crippen LogP contribution in [0.2, 0.25) is 5.02 Å². The summed E-state index contributed by atoms with van der Waals surface area (Å²) in [5.41, 5.74) is 2.94. The highest BCUT2D eigenvalue weighted by atomic mass is 35.5. The first-order valence-electron chi connectivity index (χ1n) is 10.2. The zero-order valence-electron chi connectivity index (χ0n) is 17.6. The van der Waals surface area contributed by atoms with Crippen molar-refractivity contribution >= 4 is 28.5 Å². The van der Waals surface area contributed by atoms with Crippen molar-refractivity contribution in [3.63, 3.8) is 0 Å². The minimum absolute atomic E-state index is 0.0768. The lowest BCUT2D eigenvalue weighted by Gasteiger charge is -2.25. The van der Waals surface area contributed by atoms with Crippen LogP contribution >= 0.6 is 11.6 Å². The summed E-state index contributed by atoms with van der Waals surface area (Å²) in [4.78, 5) is 28.8. The molecule has 0 spiro atoms. The van der Waals surface area contributed by atoms with Crippen LogP contribution in [0.5, 0.6) is 5.75 Å². The Hall–Kier alpha value is -3.57. The third-order valence-electron chi connectivity index (χ3n) is 5.85. The summed E-state index contributed by atoms with van der Waals surface area (Å²) in [7, 11) is 1.58. The van der Waals surface area contributed by atoms with Crippen LogP contribution in [0, 0.1) is 6.92 Å². The number of nitrogens with zero attached hydrogens (tertiary/aromatic N) is 1. The van der Waals surface area contributed by atoms with Gasteiger partial charge in [-0.2, -0.15) is 0 Å². The Morgan fingerprint density at radius 3 is 2.56 bits per heavy atom. The van der Waals surface area contributed by atoms with Crippen molar-refractivity contribution in [3.05, 3.63) is 110 Å². The molecule has 1 aromatic heterocycles. The number of amides is 1. The number of rotatable bonds is 4. The normalized spacial score (nSPS) is 15.3. The lowest BCUT2D eigenvalue weighted by Crippen LogP contribution is -2.29. The monoisotopic (exact) mass is 445 g/mol. The van der Waals surface area contributed by atoms with E-state index in [0.717, 1.165) is 16.7 Å². The molecule has 3 aromatic carbocycles. The lowest BCUT2D eigenvalue weighted by molar-refractivity contribution is 0.0714. The minimum Gasteiger partial charge on any atom is -0.497 e. The van der Waals surface area contributed by atoms with Crippen molar-refractivity contribution in [2.75, 3.05) is 7.11 Å². The van der Waals surface area contributed by atoms with Crippen LogP contribution in [0.25, 0.3) is 11.0 Å². The molecule has 1 unspecified atom stereocenters. The first kappa shape index (κ1) is 20.3. The van der Waals surface area contributed by atoms with E-state index in [9.17, 15) is 9.59 Å². The summed E-state index contributed by atoms with van der Waals surface area (Å²) >= 11 is 6.29.